The molecule has 0 radical (unpaired) electrons. The molecule has 0 saturated heterocycles. The Morgan fingerprint density at radius 2 is 1.46 bits per heavy atom. The Hall–Kier alpha value is -3.46. The van der Waals surface area contributed by atoms with Gasteiger partial charge in [-0.3, -0.25) is 0 Å². The van der Waals surface area contributed by atoms with Gasteiger partial charge in [-0.2, -0.15) is 0 Å². The van der Waals surface area contributed by atoms with Gasteiger partial charge < -0.3 is 9.90 Å². The Morgan fingerprint density at radius 3 is 2.15 bits per heavy atom. The predicted molar refractivity (Wildman–Crippen MR) is 102 cm³/mol. The molecule has 0 spiro atoms. The second-order valence-corrected chi connectivity index (χ2v) is 6.26. The summed E-state index contributed by atoms with van der Waals surface area (Å²) in [5.41, 5.74) is 5.54. The van der Waals surface area contributed by atoms with E-state index in [9.17, 15) is 9.90 Å². The van der Waals surface area contributed by atoms with Crippen LogP contribution in [0.2, 0.25) is 0 Å². The van der Waals surface area contributed by atoms with Crippen LogP contribution in [0.15, 0.2) is 78.9 Å². The molecule has 4 rings (SSSR count). The summed E-state index contributed by atoms with van der Waals surface area (Å²) in [6.45, 7) is 1.93. The summed E-state index contributed by atoms with van der Waals surface area (Å²) in [7, 11) is 0. The highest BCUT2D eigenvalue weighted by molar-refractivity contribution is 6.03. The summed E-state index contributed by atoms with van der Waals surface area (Å²) in [6.07, 6.45) is 0. The van der Waals surface area contributed by atoms with Crippen LogP contribution in [0, 0.1) is 6.92 Å². The summed E-state index contributed by atoms with van der Waals surface area (Å²) >= 11 is 0. The van der Waals surface area contributed by atoms with Crippen LogP contribution in [0.5, 0.6) is 0 Å². The summed E-state index contributed by atoms with van der Waals surface area (Å²) in [5.74, 6) is -1.19. The monoisotopic (exact) mass is 338 g/mol. The van der Waals surface area contributed by atoms with Gasteiger partial charge in [0.1, 0.15) is 0 Å². The average Bonchev–Trinajstić information content (AvgIpc) is 2.68. The quantitative estimate of drug-likeness (QED) is 0.561. The molecule has 1 heterocycles. The highest BCUT2D eigenvalue weighted by Crippen LogP contribution is 2.28. The van der Waals surface area contributed by atoms with Gasteiger partial charge in [0.25, 0.3) is 0 Å². The Balaban J connectivity index is 1.84. The Bertz CT molecular complexity index is 1100. The van der Waals surface area contributed by atoms with Crippen LogP contribution in [0.25, 0.3) is 33.3 Å². The third-order valence-electron chi connectivity index (χ3n) is 4.55. The summed E-state index contributed by atoms with van der Waals surface area (Å²) in [6, 6.07) is 25.2. The van der Waals surface area contributed by atoms with Gasteiger partial charge in [0.15, 0.2) is 0 Å². The number of carbonyl (C=O) groups is 1. The van der Waals surface area contributed by atoms with Crippen molar-refractivity contribution < 1.29 is 9.90 Å². The van der Waals surface area contributed by atoms with Gasteiger partial charge in [0, 0.05) is 16.5 Å². The number of benzene rings is 3. The van der Waals surface area contributed by atoms with E-state index in [1.165, 1.54) is 0 Å². The molecule has 26 heavy (non-hydrogen) atoms. The molecule has 0 unspecified atom stereocenters. The molecule has 126 valence electrons. The Kier molecular flexibility index (Phi) is 3.98. The highest BCUT2D eigenvalue weighted by Gasteiger charge is 2.10. The van der Waals surface area contributed by atoms with E-state index in [4.69, 9.17) is 4.98 Å². The number of pyridine rings is 1. The van der Waals surface area contributed by atoms with Crippen LogP contribution in [-0.2, 0) is 0 Å². The third-order valence-corrected chi connectivity index (χ3v) is 4.55. The number of rotatable bonds is 3. The fourth-order valence-corrected chi connectivity index (χ4v) is 3.17. The second kappa shape index (κ2) is 6.45. The topological polar surface area (TPSA) is 53.0 Å². The zero-order chi connectivity index (χ0) is 18.1. The molecule has 0 atom stereocenters. The molecular formula is C23H16NO2-. The molecule has 0 saturated carbocycles. The standard InChI is InChI=1S/C23H17NO2/c1-15-6-5-9-19-20(23(25)26)14-21(24-22(15)19)18-12-10-17(11-13-18)16-7-3-2-4-8-16/h2-14H,1H3,(H,25,26)/p-1. The molecule has 4 aromatic rings. The minimum Gasteiger partial charge on any atom is -0.545 e. The number of carboxylic acid groups (broad SMARTS) is 1. The number of carboxylic acids is 1. The number of nitrogens with zero attached hydrogens (tertiary/aromatic N) is 1. The van der Waals surface area contributed by atoms with Crippen molar-refractivity contribution >= 4 is 16.9 Å². The van der Waals surface area contributed by atoms with E-state index >= 15 is 0 Å². The number of carbonyl (C=O) groups excluding carboxylic acids is 1. The minimum absolute atomic E-state index is 0.167. The number of aryl methyl sites for hydroxylation is 1. The SMILES string of the molecule is Cc1cccc2c(C(=O)[O-])cc(-c3ccc(-c4ccccc4)cc3)nc12. The van der Waals surface area contributed by atoms with Gasteiger partial charge in [-0.15, -0.1) is 0 Å². The minimum atomic E-state index is -1.19. The molecule has 0 N–H and O–H groups in total. The maximum absolute atomic E-state index is 11.6. The first-order valence-electron chi connectivity index (χ1n) is 8.41. The van der Waals surface area contributed by atoms with Crippen LogP contribution in [-0.4, -0.2) is 11.0 Å². The second-order valence-electron chi connectivity index (χ2n) is 6.26. The number of hydrogen-bond acceptors (Lipinski definition) is 3. The fourth-order valence-electron chi connectivity index (χ4n) is 3.17. The zero-order valence-corrected chi connectivity index (χ0v) is 14.3. The number of fused-ring (bicyclic) bond motifs is 1. The van der Waals surface area contributed by atoms with E-state index in [0.29, 0.717) is 16.6 Å². The predicted octanol–water partition coefficient (Wildman–Crippen LogP) is 4.24. The van der Waals surface area contributed by atoms with E-state index in [-0.39, 0.29) is 5.56 Å². The lowest BCUT2D eigenvalue weighted by molar-refractivity contribution is -0.254. The van der Waals surface area contributed by atoms with Crippen LogP contribution in [0.4, 0.5) is 0 Å². The van der Waals surface area contributed by atoms with E-state index in [0.717, 1.165) is 22.3 Å². The van der Waals surface area contributed by atoms with Crippen molar-refractivity contribution in [2.24, 2.45) is 0 Å². The van der Waals surface area contributed by atoms with Gasteiger partial charge in [-0.25, -0.2) is 4.98 Å². The lowest BCUT2D eigenvalue weighted by Gasteiger charge is -2.12. The fraction of sp³-hybridized carbons (Fsp3) is 0.0435. The van der Waals surface area contributed by atoms with Crippen molar-refractivity contribution in [1.82, 2.24) is 4.98 Å². The molecule has 0 fully saturated rings. The first-order valence-corrected chi connectivity index (χ1v) is 8.41. The van der Waals surface area contributed by atoms with Gasteiger partial charge >= 0.3 is 0 Å². The average molecular weight is 338 g/mol. The molecular weight excluding hydrogens is 322 g/mol. The molecule has 0 aliphatic rings. The van der Waals surface area contributed by atoms with E-state index in [1.54, 1.807) is 12.1 Å². The largest absolute Gasteiger partial charge is 0.545 e. The number of aromatic carboxylic acids is 1. The van der Waals surface area contributed by atoms with Gasteiger partial charge in [0.05, 0.1) is 17.2 Å². The van der Waals surface area contributed by atoms with Crippen molar-refractivity contribution in [3.63, 3.8) is 0 Å². The van der Waals surface area contributed by atoms with E-state index in [1.807, 2.05) is 61.5 Å². The van der Waals surface area contributed by atoms with Crippen molar-refractivity contribution in [1.29, 1.82) is 0 Å². The Morgan fingerprint density at radius 1 is 0.808 bits per heavy atom. The zero-order valence-electron chi connectivity index (χ0n) is 14.3. The molecule has 3 aromatic carbocycles. The number of aromatic nitrogens is 1. The van der Waals surface area contributed by atoms with Crippen LogP contribution in [0.1, 0.15) is 15.9 Å². The van der Waals surface area contributed by atoms with E-state index < -0.39 is 5.97 Å². The van der Waals surface area contributed by atoms with Crippen molar-refractivity contribution in [3.05, 3.63) is 90.0 Å². The molecule has 0 aliphatic heterocycles. The number of hydrogen-bond donors (Lipinski definition) is 0. The molecule has 3 nitrogen and oxygen atoms in total. The van der Waals surface area contributed by atoms with Crippen molar-refractivity contribution in [2.75, 3.05) is 0 Å². The van der Waals surface area contributed by atoms with Crippen molar-refractivity contribution in [3.8, 4) is 22.4 Å². The van der Waals surface area contributed by atoms with Crippen LogP contribution < -0.4 is 5.11 Å². The Labute approximate surface area is 151 Å². The normalized spacial score (nSPS) is 10.8. The molecule has 0 aliphatic carbocycles. The maximum atomic E-state index is 11.6. The lowest BCUT2D eigenvalue weighted by atomic mass is 10.00. The molecule has 0 bridgehead atoms. The summed E-state index contributed by atoms with van der Waals surface area (Å²) in [5, 5.41) is 12.2. The summed E-state index contributed by atoms with van der Waals surface area (Å²) < 4.78 is 0. The lowest BCUT2D eigenvalue weighted by Crippen LogP contribution is -2.22. The molecule has 0 amide bonds. The number of para-hydroxylation sites is 1. The van der Waals surface area contributed by atoms with Crippen LogP contribution >= 0.6 is 0 Å². The van der Waals surface area contributed by atoms with Crippen molar-refractivity contribution in [2.45, 2.75) is 6.92 Å². The van der Waals surface area contributed by atoms with Gasteiger partial charge in [-0.1, -0.05) is 72.8 Å². The third kappa shape index (κ3) is 2.84. The first-order chi connectivity index (χ1) is 12.6. The maximum Gasteiger partial charge on any atom is 0.0745 e. The van der Waals surface area contributed by atoms with Crippen LogP contribution in [0.3, 0.4) is 0 Å². The van der Waals surface area contributed by atoms with Gasteiger partial charge in [0.2, 0.25) is 0 Å². The van der Waals surface area contributed by atoms with E-state index in [2.05, 4.69) is 12.1 Å². The first kappa shape index (κ1) is 16.0. The summed E-state index contributed by atoms with van der Waals surface area (Å²) in [4.78, 5) is 16.3. The van der Waals surface area contributed by atoms with Gasteiger partial charge in [-0.05, 0) is 29.7 Å². The smallest absolute Gasteiger partial charge is 0.0745 e. The molecule has 1 aromatic heterocycles. The highest BCUT2D eigenvalue weighted by atomic mass is 16.4. The molecule has 3 heteroatoms.